The zero-order valence-electron chi connectivity index (χ0n) is 17.0. The summed E-state index contributed by atoms with van der Waals surface area (Å²) in [5.74, 6) is 0.268. The molecule has 0 bridgehead atoms. The first-order chi connectivity index (χ1) is 13.6. The zero-order chi connectivity index (χ0) is 19.8. The fourth-order valence-corrected chi connectivity index (χ4v) is 4.02. The van der Waals surface area contributed by atoms with Crippen molar-refractivity contribution in [2.45, 2.75) is 51.9 Å². The molecule has 2 N–H and O–H groups in total. The molecule has 1 saturated heterocycles. The minimum absolute atomic E-state index is 0.00695. The second-order valence-electron chi connectivity index (χ2n) is 8.11. The highest BCUT2D eigenvalue weighted by molar-refractivity contribution is 5.92. The third-order valence-electron chi connectivity index (χ3n) is 5.79. The molecule has 1 aliphatic heterocycles. The zero-order valence-corrected chi connectivity index (χ0v) is 17.0. The Bertz CT molecular complexity index is 688. The lowest BCUT2D eigenvalue weighted by molar-refractivity contribution is -0.126. The number of nitrogens with one attached hydrogen (secondary N) is 2. The number of carbonyl (C=O) groups is 2. The highest BCUT2D eigenvalue weighted by atomic mass is 16.2. The average Bonchev–Trinajstić information content (AvgIpc) is 2.71. The van der Waals surface area contributed by atoms with Crippen LogP contribution < -0.4 is 10.6 Å². The van der Waals surface area contributed by atoms with Crippen molar-refractivity contribution in [2.75, 3.05) is 31.5 Å². The van der Waals surface area contributed by atoms with Gasteiger partial charge in [0, 0.05) is 18.2 Å². The molecule has 0 saturated carbocycles. The smallest absolute Gasteiger partial charge is 0.238 e. The van der Waals surface area contributed by atoms with E-state index in [1.165, 1.54) is 36.8 Å². The Labute approximate surface area is 168 Å². The maximum atomic E-state index is 12.4. The van der Waals surface area contributed by atoms with Crippen molar-refractivity contribution < 1.29 is 9.59 Å². The van der Waals surface area contributed by atoms with E-state index in [0.29, 0.717) is 6.54 Å². The van der Waals surface area contributed by atoms with Crippen LogP contribution in [0.1, 0.15) is 50.5 Å². The van der Waals surface area contributed by atoms with Crippen molar-refractivity contribution in [2.24, 2.45) is 5.92 Å². The largest absolute Gasteiger partial charge is 0.356 e. The summed E-state index contributed by atoms with van der Waals surface area (Å²) in [4.78, 5) is 26.8. The SMILES string of the molecule is Cc1ccc(NC(=O)CN2CCC(C(=O)NCCC3=CCCCC3)CC2)cc1. The molecule has 0 radical (unpaired) electrons. The van der Waals surface area contributed by atoms with Crippen molar-refractivity contribution in [3.63, 3.8) is 0 Å². The third kappa shape index (κ3) is 6.48. The molecule has 2 amide bonds. The number of aryl methyl sites for hydroxylation is 1. The van der Waals surface area contributed by atoms with Gasteiger partial charge in [0.25, 0.3) is 0 Å². The number of anilines is 1. The van der Waals surface area contributed by atoms with Gasteiger partial charge in [-0.05, 0) is 77.1 Å². The topological polar surface area (TPSA) is 61.4 Å². The van der Waals surface area contributed by atoms with E-state index in [-0.39, 0.29) is 17.7 Å². The van der Waals surface area contributed by atoms with Crippen molar-refractivity contribution in [1.82, 2.24) is 10.2 Å². The minimum Gasteiger partial charge on any atom is -0.356 e. The minimum atomic E-state index is 0.00695. The Morgan fingerprint density at radius 1 is 1.11 bits per heavy atom. The number of carbonyl (C=O) groups excluding carboxylic acids is 2. The molecule has 0 unspecified atom stereocenters. The molecule has 5 heteroatoms. The molecule has 0 atom stereocenters. The van der Waals surface area contributed by atoms with Gasteiger partial charge in [-0.1, -0.05) is 29.3 Å². The second kappa shape index (κ2) is 10.4. The van der Waals surface area contributed by atoms with Gasteiger partial charge in [-0.3, -0.25) is 14.5 Å². The van der Waals surface area contributed by atoms with Gasteiger partial charge < -0.3 is 10.6 Å². The van der Waals surface area contributed by atoms with Crippen molar-refractivity contribution in [1.29, 1.82) is 0 Å². The van der Waals surface area contributed by atoms with Crippen LogP contribution in [0.5, 0.6) is 0 Å². The molecule has 1 aromatic rings. The van der Waals surface area contributed by atoms with Crippen molar-refractivity contribution in [3.8, 4) is 0 Å². The standard InChI is InChI=1S/C23H33N3O2/c1-18-7-9-21(10-8-18)25-22(27)17-26-15-12-20(13-16-26)23(28)24-14-11-19-5-3-2-4-6-19/h5,7-10,20H,2-4,6,11-17H2,1H3,(H,24,28)(H,25,27). The summed E-state index contributed by atoms with van der Waals surface area (Å²) in [5.41, 5.74) is 3.51. The van der Waals surface area contributed by atoms with Crippen LogP contribution in [0.25, 0.3) is 0 Å². The van der Waals surface area contributed by atoms with E-state index in [0.717, 1.165) is 44.6 Å². The summed E-state index contributed by atoms with van der Waals surface area (Å²) in [5, 5.41) is 6.06. The highest BCUT2D eigenvalue weighted by Gasteiger charge is 2.25. The summed E-state index contributed by atoms with van der Waals surface area (Å²) in [6.45, 7) is 4.76. The average molecular weight is 384 g/mol. The van der Waals surface area contributed by atoms with Gasteiger partial charge in [0.2, 0.25) is 11.8 Å². The Kier molecular flexibility index (Phi) is 7.66. The number of amides is 2. The van der Waals surface area contributed by atoms with E-state index in [2.05, 4.69) is 21.6 Å². The third-order valence-corrected chi connectivity index (χ3v) is 5.79. The van der Waals surface area contributed by atoms with Crippen LogP contribution in [0.4, 0.5) is 5.69 Å². The number of hydrogen-bond acceptors (Lipinski definition) is 3. The molecule has 0 spiro atoms. The number of allylic oxidation sites excluding steroid dienone is 1. The van der Waals surface area contributed by atoms with E-state index < -0.39 is 0 Å². The highest BCUT2D eigenvalue weighted by Crippen LogP contribution is 2.20. The Hall–Kier alpha value is -2.14. The first kappa shape index (κ1) is 20.6. The van der Waals surface area contributed by atoms with Crippen LogP contribution in [0.3, 0.4) is 0 Å². The van der Waals surface area contributed by atoms with E-state index in [1.54, 1.807) is 0 Å². The Morgan fingerprint density at radius 3 is 2.54 bits per heavy atom. The molecule has 152 valence electrons. The number of piperidine rings is 1. The van der Waals surface area contributed by atoms with Gasteiger partial charge >= 0.3 is 0 Å². The van der Waals surface area contributed by atoms with Crippen molar-refractivity contribution >= 4 is 17.5 Å². The van der Waals surface area contributed by atoms with E-state index in [4.69, 9.17) is 0 Å². The number of nitrogens with zero attached hydrogens (tertiary/aromatic N) is 1. The van der Waals surface area contributed by atoms with Crippen LogP contribution in [0, 0.1) is 12.8 Å². The number of likely N-dealkylation sites (tertiary alicyclic amines) is 1. The molecule has 1 heterocycles. The van der Waals surface area contributed by atoms with Gasteiger partial charge in [0.15, 0.2) is 0 Å². The predicted octanol–water partition coefficient (Wildman–Crippen LogP) is 3.65. The number of rotatable bonds is 7. The fourth-order valence-electron chi connectivity index (χ4n) is 4.02. The summed E-state index contributed by atoms with van der Waals surface area (Å²) in [6, 6.07) is 7.83. The quantitative estimate of drug-likeness (QED) is 0.707. The van der Waals surface area contributed by atoms with Crippen LogP contribution >= 0.6 is 0 Å². The summed E-state index contributed by atoms with van der Waals surface area (Å²) >= 11 is 0. The van der Waals surface area contributed by atoms with E-state index in [1.807, 2.05) is 31.2 Å². The molecule has 3 rings (SSSR count). The van der Waals surface area contributed by atoms with E-state index in [9.17, 15) is 9.59 Å². The maximum Gasteiger partial charge on any atom is 0.238 e. The fraction of sp³-hybridized carbons (Fsp3) is 0.565. The first-order valence-corrected chi connectivity index (χ1v) is 10.6. The molecule has 1 aliphatic carbocycles. The van der Waals surface area contributed by atoms with Crippen molar-refractivity contribution in [3.05, 3.63) is 41.5 Å². The van der Waals surface area contributed by atoms with Gasteiger partial charge in [-0.15, -0.1) is 0 Å². The lowest BCUT2D eigenvalue weighted by Crippen LogP contribution is -2.43. The Balaban J connectivity index is 1.33. The number of benzene rings is 1. The van der Waals surface area contributed by atoms with Crippen LogP contribution in [0.15, 0.2) is 35.9 Å². The Morgan fingerprint density at radius 2 is 1.86 bits per heavy atom. The lowest BCUT2D eigenvalue weighted by atomic mass is 9.95. The number of hydrogen-bond donors (Lipinski definition) is 2. The summed E-state index contributed by atoms with van der Waals surface area (Å²) in [7, 11) is 0. The molecular formula is C23H33N3O2. The molecule has 28 heavy (non-hydrogen) atoms. The van der Waals surface area contributed by atoms with Gasteiger partial charge in [0.1, 0.15) is 0 Å². The summed E-state index contributed by atoms with van der Waals surface area (Å²) < 4.78 is 0. The summed E-state index contributed by atoms with van der Waals surface area (Å²) in [6.07, 6.45) is 9.96. The molecule has 0 aromatic heterocycles. The molecule has 1 fully saturated rings. The molecule has 5 nitrogen and oxygen atoms in total. The lowest BCUT2D eigenvalue weighted by Gasteiger charge is -2.30. The second-order valence-corrected chi connectivity index (χ2v) is 8.11. The molecule has 2 aliphatic rings. The van der Waals surface area contributed by atoms with Gasteiger partial charge in [0.05, 0.1) is 6.54 Å². The maximum absolute atomic E-state index is 12.4. The van der Waals surface area contributed by atoms with Crippen LogP contribution in [-0.2, 0) is 9.59 Å². The predicted molar refractivity (Wildman–Crippen MR) is 113 cm³/mol. The van der Waals surface area contributed by atoms with Gasteiger partial charge in [-0.2, -0.15) is 0 Å². The normalized spacial score (nSPS) is 18.4. The van der Waals surface area contributed by atoms with Crippen LogP contribution in [-0.4, -0.2) is 42.9 Å². The molecular weight excluding hydrogens is 350 g/mol. The van der Waals surface area contributed by atoms with Crippen LogP contribution in [0.2, 0.25) is 0 Å². The molecule has 1 aromatic carbocycles. The first-order valence-electron chi connectivity index (χ1n) is 10.6. The van der Waals surface area contributed by atoms with E-state index >= 15 is 0 Å². The van der Waals surface area contributed by atoms with Gasteiger partial charge in [-0.25, -0.2) is 0 Å². The monoisotopic (exact) mass is 383 g/mol.